The van der Waals surface area contributed by atoms with Crippen molar-refractivity contribution in [3.8, 4) is 5.69 Å². The Bertz CT molecular complexity index is 641. The Morgan fingerprint density at radius 1 is 1.53 bits per heavy atom. The summed E-state index contributed by atoms with van der Waals surface area (Å²) < 4.78 is 19.1. The number of benzene rings is 1. The van der Waals surface area contributed by atoms with Crippen molar-refractivity contribution in [2.75, 3.05) is 7.11 Å². The smallest absolute Gasteiger partial charge is 0.340 e. The Morgan fingerprint density at radius 3 is 2.79 bits per heavy atom. The molecular weight excluding hydrogens is 259 g/mol. The molecule has 0 radical (unpaired) electrons. The van der Waals surface area contributed by atoms with Gasteiger partial charge in [0.1, 0.15) is 24.2 Å². The number of methoxy groups -OCH3 is 1. The second-order valence-electron chi connectivity index (χ2n) is 3.41. The Labute approximate surface area is 105 Å². The lowest BCUT2D eigenvalue weighted by Crippen LogP contribution is -2.09. The topological polar surface area (TPSA) is 100 Å². The Morgan fingerprint density at radius 2 is 2.26 bits per heavy atom. The number of halogens is 1. The Kier molecular flexibility index (Phi) is 3.19. The van der Waals surface area contributed by atoms with Crippen molar-refractivity contribution in [2.45, 2.75) is 0 Å². The quantitative estimate of drug-likeness (QED) is 0.468. The van der Waals surface area contributed by atoms with Gasteiger partial charge in [0.25, 0.3) is 5.69 Å². The zero-order chi connectivity index (χ0) is 14.0. The van der Waals surface area contributed by atoms with E-state index >= 15 is 0 Å². The van der Waals surface area contributed by atoms with Gasteiger partial charge in [-0.25, -0.2) is 18.9 Å². The molecule has 0 saturated heterocycles. The third kappa shape index (κ3) is 2.25. The molecule has 19 heavy (non-hydrogen) atoms. The minimum absolute atomic E-state index is 0.0794. The van der Waals surface area contributed by atoms with Gasteiger partial charge < -0.3 is 4.74 Å². The second kappa shape index (κ2) is 4.80. The Balaban J connectivity index is 2.68. The number of hydrogen-bond acceptors (Lipinski definition) is 6. The lowest BCUT2D eigenvalue weighted by atomic mass is 10.1. The van der Waals surface area contributed by atoms with E-state index in [9.17, 15) is 19.3 Å². The summed E-state index contributed by atoms with van der Waals surface area (Å²) in [4.78, 5) is 25.1. The normalized spacial score (nSPS) is 10.2. The van der Waals surface area contributed by atoms with Gasteiger partial charge in [-0.05, 0) is 6.07 Å². The fourth-order valence-corrected chi connectivity index (χ4v) is 1.48. The molecule has 0 unspecified atom stereocenters. The van der Waals surface area contributed by atoms with Crippen LogP contribution in [0, 0.1) is 15.9 Å². The van der Waals surface area contributed by atoms with Crippen LogP contribution in [0.2, 0.25) is 0 Å². The first kappa shape index (κ1) is 12.6. The summed E-state index contributed by atoms with van der Waals surface area (Å²) in [7, 11) is 1.08. The van der Waals surface area contributed by atoms with Gasteiger partial charge in [-0.2, -0.15) is 5.10 Å². The molecule has 98 valence electrons. The fourth-order valence-electron chi connectivity index (χ4n) is 1.48. The molecule has 0 amide bonds. The summed E-state index contributed by atoms with van der Waals surface area (Å²) >= 11 is 0. The molecule has 0 N–H and O–H groups in total. The summed E-state index contributed by atoms with van der Waals surface area (Å²) in [5.74, 6) is -1.98. The number of ether oxygens (including phenoxy) is 1. The van der Waals surface area contributed by atoms with Crippen LogP contribution in [0.3, 0.4) is 0 Å². The predicted octanol–water partition coefficient (Wildman–Crippen LogP) is 1.10. The van der Waals surface area contributed by atoms with Crippen LogP contribution in [0.25, 0.3) is 5.69 Å². The molecule has 0 aliphatic rings. The zero-order valence-corrected chi connectivity index (χ0v) is 9.61. The van der Waals surface area contributed by atoms with Crippen LogP contribution in [0.1, 0.15) is 10.4 Å². The van der Waals surface area contributed by atoms with E-state index < -0.39 is 28.0 Å². The third-order valence-corrected chi connectivity index (χ3v) is 2.33. The highest BCUT2D eigenvalue weighted by Crippen LogP contribution is 2.26. The number of hydrogen-bond donors (Lipinski definition) is 0. The largest absolute Gasteiger partial charge is 0.465 e. The SMILES string of the molecule is COC(=O)c1cc(-n2cncn2)c([N+](=O)[O-])cc1F. The van der Waals surface area contributed by atoms with Crippen LogP contribution in [0.15, 0.2) is 24.8 Å². The molecule has 8 nitrogen and oxygen atoms in total. The van der Waals surface area contributed by atoms with Crippen molar-refractivity contribution in [1.82, 2.24) is 14.8 Å². The van der Waals surface area contributed by atoms with Crippen LogP contribution in [0.5, 0.6) is 0 Å². The molecule has 0 fully saturated rings. The van der Waals surface area contributed by atoms with Crippen molar-refractivity contribution in [3.05, 3.63) is 46.3 Å². The number of carbonyl (C=O) groups excluding carboxylic acids is 1. The maximum atomic E-state index is 13.6. The van der Waals surface area contributed by atoms with E-state index in [1.54, 1.807) is 0 Å². The first-order valence-electron chi connectivity index (χ1n) is 4.96. The maximum absolute atomic E-state index is 13.6. The molecule has 1 aromatic heterocycles. The van der Waals surface area contributed by atoms with E-state index in [0.717, 1.165) is 24.2 Å². The molecule has 9 heteroatoms. The molecule has 0 aliphatic heterocycles. The first-order chi connectivity index (χ1) is 9.04. The average molecular weight is 266 g/mol. The molecule has 0 atom stereocenters. The lowest BCUT2D eigenvalue weighted by Gasteiger charge is -2.06. The molecule has 1 heterocycles. The molecule has 0 bridgehead atoms. The number of rotatable bonds is 3. The van der Waals surface area contributed by atoms with Crippen molar-refractivity contribution < 1.29 is 18.8 Å². The average Bonchev–Trinajstić information content (AvgIpc) is 2.91. The molecule has 0 spiro atoms. The molecule has 2 aromatic rings. The highest BCUT2D eigenvalue weighted by Gasteiger charge is 2.23. The van der Waals surface area contributed by atoms with Crippen molar-refractivity contribution in [2.24, 2.45) is 0 Å². The van der Waals surface area contributed by atoms with Crippen LogP contribution in [-0.4, -0.2) is 32.8 Å². The van der Waals surface area contributed by atoms with Gasteiger partial charge in [0.2, 0.25) is 0 Å². The van der Waals surface area contributed by atoms with Gasteiger partial charge in [-0.1, -0.05) is 0 Å². The molecule has 2 rings (SSSR count). The van der Waals surface area contributed by atoms with Gasteiger partial charge in [0.15, 0.2) is 0 Å². The number of nitro groups is 1. The van der Waals surface area contributed by atoms with Gasteiger partial charge in [-0.3, -0.25) is 10.1 Å². The van der Waals surface area contributed by atoms with Crippen molar-refractivity contribution in [3.63, 3.8) is 0 Å². The number of nitrogens with zero attached hydrogens (tertiary/aromatic N) is 4. The van der Waals surface area contributed by atoms with E-state index in [2.05, 4.69) is 14.8 Å². The molecule has 1 aromatic carbocycles. The van der Waals surface area contributed by atoms with E-state index in [1.165, 1.54) is 6.33 Å². The highest BCUT2D eigenvalue weighted by molar-refractivity contribution is 5.91. The zero-order valence-electron chi connectivity index (χ0n) is 9.61. The van der Waals surface area contributed by atoms with Crippen LogP contribution in [-0.2, 0) is 4.74 Å². The predicted molar refractivity (Wildman–Crippen MR) is 59.3 cm³/mol. The number of carbonyl (C=O) groups is 1. The molecule has 0 saturated carbocycles. The minimum Gasteiger partial charge on any atom is -0.465 e. The van der Waals surface area contributed by atoms with E-state index in [-0.39, 0.29) is 5.69 Å². The van der Waals surface area contributed by atoms with Crippen LogP contribution >= 0.6 is 0 Å². The third-order valence-electron chi connectivity index (χ3n) is 2.33. The molecule has 0 aliphatic carbocycles. The van der Waals surface area contributed by atoms with Gasteiger partial charge in [0.05, 0.1) is 23.7 Å². The summed E-state index contributed by atoms with van der Waals surface area (Å²) in [5.41, 5.74) is -1.03. The number of nitro benzene ring substituents is 1. The summed E-state index contributed by atoms with van der Waals surface area (Å²) in [5, 5.41) is 14.6. The monoisotopic (exact) mass is 266 g/mol. The van der Waals surface area contributed by atoms with Crippen molar-refractivity contribution in [1.29, 1.82) is 0 Å². The fraction of sp³-hybridized carbons (Fsp3) is 0.100. The van der Waals surface area contributed by atoms with E-state index in [0.29, 0.717) is 6.07 Å². The number of esters is 1. The number of aromatic nitrogens is 3. The van der Waals surface area contributed by atoms with Crippen LogP contribution in [0.4, 0.5) is 10.1 Å². The Hall–Kier alpha value is -2.84. The summed E-state index contributed by atoms with van der Waals surface area (Å²) in [6.07, 6.45) is 2.35. The lowest BCUT2D eigenvalue weighted by molar-refractivity contribution is -0.384. The van der Waals surface area contributed by atoms with Gasteiger partial charge in [-0.15, -0.1) is 0 Å². The second-order valence-corrected chi connectivity index (χ2v) is 3.41. The summed E-state index contributed by atoms with van der Waals surface area (Å²) in [6, 6.07) is 1.64. The minimum atomic E-state index is -1.04. The van der Waals surface area contributed by atoms with Gasteiger partial charge >= 0.3 is 5.97 Å². The maximum Gasteiger partial charge on any atom is 0.340 e. The standard InChI is InChI=1S/C10H7FN4O4/c1-19-10(16)6-2-8(14-5-12-4-13-14)9(15(17)18)3-7(6)11/h2-5H,1H3. The van der Waals surface area contributed by atoms with Gasteiger partial charge in [0, 0.05) is 0 Å². The highest BCUT2D eigenvalue weighted by atomic mass is 19.1. The molecular formula is C10H7FN4O4. The van der Waals surface area contributed by atoms with Crippen molar-refractivity contribution >= 4 is 11.7 Å². The van der Waals surface area contributed by atoms with E-state index in [1.807, 2.05) is 0 Å². The van der Waals surface area contributed by atoms with Crippen LogP contribution < -0.4 is 0 Å². The first-order valence-corrected chi connectivity index (χ1v) is 4.96. The summed E-state index contributed by atoms with van der Waals surface area (Å²) in [6.45, 7) is 0. The van der Waals surface area contributed by atoms with E-state index in [4.69, 9.17) is 0 Å².